The van der Waals surface area contributed by atoms with Gasteiger partial charge in [-0.3, -0.25) is 10.3 Å². The Morgan fingerprint density at radius 1 is 1.30 bits per heavy atom. The number of nitrogens with zero attached hydrogens (tertiary/aromatic N) is 1. The van der Waals surface area contributed by atoms with Crippen LogP contribution in [-0.2, 0) is 0 Å². The Morgan fingerprint density at radius 2 is 1.90 bits per heavy atom. The van der Waals surface area contributed by atoms with Crippen LogP contribution >= 0.6 is 15.9 Å². The summed E-state index contributed by atoms with van der Waals surface area (Å²) < 4.78 is 6.69. The highest BCUT2D eigenvalue weighted by Gasteiger charge is 2.14. The van der Waals surface area contributed by atoms with E-state index in [0.29, 0.717) is 30.0 Å². The van der Waals surface area contributed by atoms with E-state index >= 15 is 0 Å². The second-order valence-corrected chi connectivity index (χ2v) is 6.24. The van der Waals surface area contributed by atoms with Crippen LogP contribution in [0.3, 0.4) is 0 Å². The molecule has 0 bridgehead atoms. The predicted molar refractivity (Wildman–Crippen MR) is 87.6 cm³/mol. The van der Waals surface area contributed by atoms with Gasteiger partial charge in [0.15, 0.2) is 0 Å². The van der Waals surface area contributed by atoms with Gasteiger partial charge in [0.1, 0.15) is 18.2 Å². The lowest BCUT2D eigenvalue weighted by Gasteiger charge is -2.30. The average Bonchev–Trinajstić information content (AvgIpc) is 2.34. The average molecular weight is 342 g/mol. The molecule has 0 aliphatic rings. The van der Waals surface area contributed by atoms with E-state index in [2.05, 4.69) is 48.5 Å². The minimum atomic E-state index is 0.0193. The quantitative estimate of drug-likeness (QED) is 0.591. The van der Waals surface area contributed by atoms with Gasteiger partial charge in [-0.1, -0.05) is 15.9 Å². The number of benzene rings is 1. The number of rotatable bonds is 7. The van der Waals surface area contributed by atoms with Crippen LogP contribution < -0.4 is 10.5 Å². The molecule has 1 aromatic carbocycles. The van der Waals surface area contributed by atoms with E-state index in [1.54, 1.807) is 6.07 Å². The molecule has 0 atom stereocenters. The van der Waals surface area contributed by atoms with Crippen LogP contribution in [-0.4, -0.2) is 36.0 Å². The van der Waals surface area contributed by atoms with Crippen molar-refractivity contribution in [3.63, 3.8) is 0 Å². The smallest absolute Gasteiger partial charge is 0.130 e. The number of hydrogen-bond donors (Lipinski definition) is 2. The minimum Gasteiger partial charge on any atom is -0.491 e. The number of ether oxygens (including phenoxy) is 1. The molecule has 112 valence electrons. The number of hydrogen-bond acceptors (Lipinski definition) is 3. The fraction of sp³-hybridized carbons (Fsp3) is 0.533. The molecule has 1 rings (SSSR count). The molecule has 1 aromatic rings. The Kier molecular flexibility index (Phi) is 6.49. The Bertz CT molecular complexity index is 452. The third-order valence-corrected chi connectivity index (χ3v) is 3.66. The van der Waals surface area contributed by atoms with Gasteiger partial charge in [0.05, 0.1) is 5.56 Å². The fourth-order valence-electron chi connectivity index (χ4n) is 2.21. The van der Waals surface area contributed by atoms with Gasteiger partial charge in [0.2, 0.25) is 0 Å². The number of amidine groups is 1. The zero-order valence-corrected chi connectivity index (χ0v) is 14.2. The van der Waals surface area contributed by atoms with E-state index in [9.17, 15) is 0 Å². The monoisotopic (exact) mass is 341 g/mol. The van der Waals surface area contributed by atoms with Crippen molar-refractivity contribution in [2.75, 3.05) is 13.2 Å². The summed E-state index contributed by atoms with van der Waals surface area (Å²) in [6, 6.07) is 6.51. The molecule has 5 heteroatoms. The first-order valence-corrected chi connectivity index (χ1v) is 7.64. The van der Waals surface area contributed by atoms with Crippen LogP contribution in [0.1, 0.15) is 33.3 Å². The summed E-state index contributed by atoms with van der Waals surface area (Å²) in [6.45, 7) is 10.2. The number of halogens is 1. The predicted octanol–water partition coefficient (Wildman–Crippen LogP) is 3.23. The topological polar surface area (TPSA) is 62.3 Å². The first-order valence-electron chi connectivity index (χ1n) is 6.85. The highest BCUT2D eigenvalue weighted by molar-refractivity contribution is 9.10. The highest BCUT2D eigenvalue weighted by atomic mass is 79.9. The van der Waals surface area contributed by atoms with Crippen LogP contribution in [0.5, 0.6) is 5.75 Å². The molecule has 0 radical (unpaired) electrons. The van der Waals surface area contributed by atoms with Gasteiger partial charge < -0.3 is 10.5 Å². The van der Waals surface area contributed by atoms with Crippen molar-refractivity contribution in [2.45, 2.75) is 39.8 Å². The van der Waals surface area contributed by atoms with Crippen LogP contribution in [0.25, 0.3) is 0 Å². The largest absolute Gasteiger partial charge is 0.491 e. The lowest BCUT2D eigenvalue weighted by atomic mass is 10.2. The molecule has 0 aliphatic heterocycles. The standard InChI is InChI=1S/C15H24BrN3O/c1-10(2)19(11(3)4)7-8-20-14-6-5-12(16)9-13(14)15(17)18/h5-6,9-11H,7-8H2,1-4H3,(H3,17,18). The van der Waals surface area contributed by atoms with Crippen LogP contribution in [0.2, 0.25) is 0 Å². The van der Waals surface area contributed by atoms with E-state index in [0.717, 1.165) is 11.0 Å². The van der Waals surface area contributed by atoms with E-state index < -0.39 is 0 Å². The highest BCUT2D eigenvalue weighted by Crippen LogP contribution is 2.22. The van der Waals surface area contributed by atoms with Gasteiger partial charge in [-0.2, -0.15) is 0 Å². The molecule has 4 nitrogen and oxygen atoms in total. The fourth-order valence-corrected chi connectivity index (χ4v) is 2.57. The summed E-state index contributed by atoms with van der Waals surface area (Å²) in [5, 5.41) is 7.60. The maximum atomic E-state index is 7.60. The SMILES string of the molecule is CC(C)N(CCOc1ccc(Br)cc1C(=N)N)C(C)C. The summed E-state index contributed by atoms with van der Waals surface area (Å²) in [4.78, 5) is 2.37. The van der Waals surface area contributed by atoms with Gasteiger partial charge in [-0.05, 0) is 45.9 Å². The lowest BCUT2D eigenvalue weighted by Crippen LogP contribution is -2.39. The van der Waals surface area contributed by atoms with Gasteiger partial charge in [-0.25, -0.2) is 0 Å². The first-order chi connectivity index (χ1) is 9.32. The van der Waals surface area contributed by atoms with Crippen molar-refractivity contribution in [3.05, 3.63) is 28.2 Å². The van der Waals surface area contributed by atoms with Crippen LogP contribution in [0.15, 0.2) is 22.7 Å². The van der Waals surface area contributed by atoms with Gasteiger partial charge in [0, 0.05) is 23.1 Å². The van der Waals surface area contributed by atoms with Gasteiger partial charge in [-0.15, -0.1) is 0 Å². The van der Waals surface area contributed by atoms with Gasteiger partial charge >= 0.3 is 0 Å². The maximum Gasteiger partial charge on any atom is 0.130 e. The lowest BCUT2D eigenvalue weighted by molar-refractivity contribution is 0.142. The Balaban J connectivity index is 2.68. The summed E-state index contributed by atoms with van der Waals surface area (Å²) in [5.74, 6) is 0.680. The number of nitrogen functional groups attached to an aromatic ring is 1. The summed E-state index contributed by atoms with van der Waals surface area (Å²) >= 11 is 3.38. The summed E-state index contributed by atoms with van der Waals surface area (Å²) in [5.41, 5.74) is 6.21. The molecule has 0 aromatic heterocycles. The van der Waals surface area contributed by atoms with Crippen molar-refractivity contribution in [1.29, 1.82) is 5.41 Å². The zero-order valence-electron chi connectivity index (χ0n) is 12.6. The van der Waals surface area contributed by atoms with Crippen molar-refractivity contribution in [3.8, 4) is 5.75 Å². The molecule has 3 N–H and O–H groups in total. The summed E-state index contributed by atoms with van der Waals surface area (Å²) in [6.07, 6.45) is 0. The second kappa shape index (κ2) is 7.64. The normalized spacial score (nSPS) is 11.4. The second-order valence-electron chi connectivity index (χ2n) is 5.33. The molecule has 0 aliphatic carbocycles. The Hall–Kier alpha value is -1.07. The van der Waals surface area contributed by atoms with E-state index in [1.807, 2.05) is 12.1 Å². The number of nitrogens with one attached hydrogen (secondary N) is 1. The molecule has 0 saturated heterocycles. The molecular weight excluding hydrogens is 318 g/mol. The minimum absolute atomic E-state index is 0.0193. The van der Waals surface area contributed by atoms with E-state index in [-0.39, 0.29) is 5.84 Å². The molecule has 20 heavy (non-hydrogen) atoms. The molecule has 0 heterocycles. The van der Waals surface area contributed by atoms with E-state index in [4.69, 9.17) is 15.9 Å². The van der Waals surface area contributed by atoms with Crippen molar-refractivity contribution < 1.29 is 4.74 Å². The molecule has 0 unspecified atom stereocenters. The van der Waals surface area contributed by atoms with Crippen molar-refractivity contribution in [2.24, 2.45) is 5.73 Å². The number of nitrogens with two attached hydrogens (primary N) is 1. The zero-order chi connectivity index (χ0) is 15.3. The molecule has 0 spiro atoms. The summed E-state index contributed by atoms with van der Waals surface area (Å²) in [7, 11) is 0. The van der Waals surface area contributed by atoms with Crippen LogP contribution in [0.4, 0.5) is 0 Å². The van der Waals surface area contributed by atoms with Gasteiger partial charge in [0.25, 0.3) is 0 Å². The Labute approximate surface area is 129 Å². The van der Waals surface area contributed by atoms with Crippen molar-refractivity contribution in [1.82, 2.24) is 4.90 Å². The third-order valence-electron chi connectivity index (χ3n) is 3.17. The van der Waals surface area contributed by atoms with Crippen LogP contribution in [0, 0.1) is 5.41 Å². The Morgan fingerprint density at radius 3 is 2.40 bits per heavy atom. The third kappa shape index (κ3) is 4.80. The molecular formula is C15H24BrN3O. The first kappa shape index (κ1) is 17.0. The molecule has 0 fully saturated rings. The van der Waals surface area contributed by atoms with Crippen molar-refractivity contribution >= 4 is 21.8 Å². The molecule has 0 amide bonds. The molecule has 0 saturated carbocycles. The maximum absolute atomic E-state index is 7.60. The van der Waals surface area contributed by atoms with E-state index in [1.165, 1.54) is 0 Å².